The van der Waals surface area contributed by atoms with Gasteiger partial charge in [0.15, 0.2) is 5.13 Å². The van der Waals surface area contributed by atoms with Crippen LogP contribution in [0.5, 0.6) is 0 Å². The Morgan fingerprint density at radius 1 is 1.39 bits per heavy atom. The van der Waals surface area contributed by atoms with E-state index in [1.54, 1.807) is 12.3 Å². The molecule has 23 heavy (non-hydrogen) atoms. The van der Waals surface area contributed by atoms with Crippen molar-refractivity contribution in [2.45, 2.75) is 58.5 Å². The lowest BCUT2D eigenvalue weighted by atomic mass is 9.97. The Hall–Kier alpha value is -1.47. The monoisotopic (exact) mass is 339 g/mol. The number of likely N-dealkylation sites (tertiary alicyclic amines) is 1. The number of hydrogen-bond acceptors (Lipinski definition) is 6. The third-order valence-electron chi connectivity index (χ3n) is 4.13. The van der Waals surface area contributed by atoms with Crippen molar-refractivity contribution in [2.24, 2.45) is 0 Å². The molecule has 1 saturated heterocycles. The molecule has 0 radical (unpaired) electrons. The molecule has 0 bridgehead atoms. The highest BCUT2D eigenvalue weighted by molar-refractivity contribution is 7.13. The van der Waals surface area contributed by atoms with E-state index < -0.39 is 0 Å². The third-order valence-corrected chi connectivity index (χ3v) is 4.94. The highest BCUT2D eigenvalue weighted by Gasteiger charge is 2.26. The van der Waals surface area contributed by atoms with Gasteiger partial charge in [0, 0.05) is 17.5 Å². The standard InChI is InChI=1S/C16H25N3O3S/c1-4-22-15(21)8-13-10-23-16(17-13)18-14(20)9-19-11(2)6-5-7-12(19)3/h10-12H,4-9H2,1-3H3,(H,17,18,20). The Labute approximate surface area is 141 Å². The minimum Gasteiger partial charge on any atom is -0.466 e. The molecule has 2 unspecified atom stereocenters. The Bertz CT molecular complexity index is 536. The molecular weight excluding hydrogens is 314 g/mol. The number of nitrogens with one attached hydrogen (secondary N) is 1. The molecular formula is C16H25N3O3S. The minimum atomic E-state index is -0.299. The summed E-state index contributed by atoms with van der Waals surface area (Å²) in [6, 6.07) is 0.861. The van der Waals surface area contributed by atoms with Gasteiger partial charge in [-0.15, -0.1) is 11.3 Å². The summed E-state index contributed by atoms with van der Waals surface area (Å²) in [7, 11) is 0. The Morgan fingerprint density at radius 2 is 2.09 bits per heavy atom. The summed E-state index contributed by atoms with van der Waals surface area (Å²) in [6.45, 7) is 6.86. The van der Waals surface area contributed by atoms with Crippen LogP contribution in [0.3, 0.4) is 0 Å². The van der Waals surface area contributed by atoms with Crippen LogP contribution in [0.15, 0.2) is 5.38 Å². The summed E-state index contributed by atoms with van der Waals surface area (Å²) in [6.07, 6.45) is 3.64. The van der Waals surface area contributed by atoms with Crippen LogP contribution in [0.4, 0.5) is 5.13 Å². The first kappa shape index (κ1) is 17.9. The molecule has 1 aromatic heterocycles. The molecule has 2 rings (SSSR count). The van der Waals surface area contributed by atoms with Crippen molar-refractivity contribution in [3.05, 3.63) is 11.1 Å². The van der Waals surface area contributed by atoms with Gasteiger partial charge >= 0.3 is 5.97 Å². The summed E-state index contributed by atoms with van der Waals surface area (Å²) >= 11 is 1.33. The lowest BCUT2D eigenvalue weighted by Crippen LogP contribution is -2.47. The molecule has 0 aromatic carbocycles. The van der Waals surface area contributed by atoms with Crippen molar-refractivity contribution in [1.82, 2.24) is 9.88 Å². The average molecular weight is 339 g/mol. The van der Waals surface area contributed by atoms with Crippen molar-refractivity contribution in [2.75, 3.05) is 18.5 Å². The molecule has 1 aliphatic heterocycles. The van der Waals surface area contributed by atoms with Gasteiger partial charge in [-0.05, 0) is 33.6 Å². The van der Waals surface area contributed by atoms with E-state index in [1.807, 2.05) is 0 Å². The Balaban J connectivity index is 1.85. The zero-order valence-electron chi connectivity index (χ0n) is 14.0. The first-order valence-electron chi connectivity index (χ1n) is 8.15. The zero-order valence-corrected chi connectivity index (χ0v) is 14.8. The second kappa shape index (κ2) is 8.40. The SMILES string of the molecule is CCOC(=O)Cc1csc(NC(=O)CN2C(C)CCCC2C)n1. The number of piperidine rings is 1. The maximum atomic E-state index is 12.2. The summed E-state index contributed by atoms with van der Waals surface area (Å²) in [5, 5.41) is 5.14. The van der Waals surface area contributed by atoms with E-state index in [0.717, 1.165) is 12.8 Å². The maximum absolute atomic E-state index is 12.2. The number of thiazole rings is 1. The molecule has 0 aliphatic carbocycles. The summed E-state index contributed by atoms with van der Waals surface area (Å²) < 4.78 is 4.89. The first-order valence-corrected chi connectivity index (χ1v) is 9.03. The normalized spacial score (nSPS) is 21.9. The van der Waals surface area contributed by atoms with E-state index in [9.17, 15) is 9.59 Å². The second-order valence-corrected chi connectivity index (χ2v) is 6.83. The highest BCUT2D eigenvalue weighted by atomic mass is 32.1. The van der Waals surface area contributed by atoms with Gasteiger partial charge in [0.05, 0.1) is 25.3 Å². The van der Waals surface area contributed by atoms with Gasteiger partial charge in [0.1, 0.15) is 0 Å². The average Bonchev–Trinajstić information content (AvgIpc) is 2.90. The molecule has 0 spiro atoms. The van der Waals surface area contributed by atoms with Crippen LogP contribution in [-0.2, 0) is 20.7 Å². The number of hydrogen-bond donors (Lipinski definition) is 1. The molecule has 128 valence electrons. The number of rotatable bonds is 6. The van der Waals surface area contributed by atoms with Gasteiger partial charge < -0.3 is 10.1 Å². The van der Waals surface area contributed by atoms with Crippen LogP contribution >= 0.6 is 11.3 Å². The zero-order chi connectivity index (χ0) is 16.8. The van der Waals surface area contributed by atoms with E-state index >= 15 is 0 Å². The number of ether oxygens (including phenoxy) is 1. The van der Waals surface area contributed by atoms with Crippen molar-refractivity contribution >= 4 is 28.3 Å². The van der Waals surface area contributed by atoms with Gasteiger partial charge in [0.2, 0.25) is 5.91 Å². The molecule has 0 saturated carbocycles. The van der Waals surface area contributed by atoms with Gasteiger partial charge in [-0.1, -0.05) is 6.42 Å². The van der Waals surface area contributed by atoms with E-state index in [4.69, 9.17) is 4.74 Å². The summed E-state index contributed by atoms with van der Waals surface area (Å²) in [5.41, 5.74) is 0.628. The number of carbonyl (C=O) groups excluding carboxylic acids is 2. The molecule has 1 amide bonds. The van der Waals surface area contributed by atoms with Crippen molar-refractivity contribution in [1.29, 1.82) is 0 Å². The number of nitrogens with zero attached hydrogens (tertiary/aromatic N) is 2. The fraction of sp³-hybridized carbons (Fsp3) is 0.688. The molecule has 2 heterocycles. The Morgan fingerprint density at radius 3 is 2.74 bits per heavy atom. The number of amides is 1. The largest absolute Gasteiger partial charge is 0.466 e. The molecule has 1 aromatic rings. The maximum Gasteiger partial charge on any atom is 0.311 e. The molecule has 1 aliphatic rings. The van der Waals surface area contributed by atoms with E-state index in [0.29, 0.717) is 36.1 Å². The van der Waals surface area contributed by atoms with Gasteiger partial charge in [-0.3, -0.25) is 14.5 Å². The summed E-state index contributed by atoms with van der Waals surface area (Å²) in [5.74, 6) is -0.353. The quantitative estimate of drug-likeness (QED) is 0.806. The Kier molecular flexibility index (Phi) is 6.53. The number of esters is 1. The molecule has 7 heteroatoms. The van der Waals surface area contributed by atoms with Crippen LogP contribution in [0.25, 0.3) is 0 Å². The van der Waals surface area contributed by atoms with Crippen LogP contribution in [0.2, 0.25) is 0 Å². The molecule has 2 atom stereocenters. The van der Waals surface area contributed by atoms with E-state index in [1.165, 1.54) is 17.8 Å². The second-order valence-electron chi connectivity index (χ2n) is 5.98. The van der Waals surface area contributed by atoms with Crippen LogP contribution in [-0.4, -0.2) is 47.0 Å². The van der Waals surface area contributed by atoms with E-state index in [-0.39, 0.29) is 18.3 Å². The highest BCUT2D eigenvalue weighted by Crippen LogP contribution is 2.22. The van der Waals surface area contributed by atoms with E-state index in [2.05, 4.69) is 29.0 Å². The predicted molar refractivity (Wildman–Crippen MR) is 90.6 cm³/mol. The van der Waals surface area contributed by atoms with Crippen LogP contribution in [0, 0.1) is 0 Å². The van der Waals surface area contributed by atoms with Gasteiger partial charge in [0.25, 0.3) is 0 Å². The topological polar surface area (TPSA) is 71.5 Å². The third kappa shape index (κ3) is 5.28. The number of anilines is 1. The fourth-order valence-electron chi connectivity index (χ4n) is 2.92. The first-order chi connectivity index (χ1) is 11.0. The minimum absolute atomic E-state index is 0.0531. The molecule has 1 N–H and O–H groups in total. The number of carbonyl (C=O) groups is 2. The van der Waals surface area contributed by atoms with Crippen LogP contribution in [0.1, 0.15) is 45.7 Å². The lowest BCUT2D eigenvalue weighted by molar-refractivity contribution is -0.142. The summed E-state index contributed by atoms with van der Waals surface area (Å²) in [4.78, 5) is 30.2. The van der Waals surface area contributed by atoms with Crippen molar-refractivity contribution < 1.29 is 14.3 Å². The molecule has 6 nitrogen and oxygen atoms in total. The predicted octanol–water partition coefficient (Wildman–Crippen LogP) is 2.45. The van der Waals surface area contributed by atoms with Gasteiger partial charge in [-0.2, -0.15) is 0 Å². The molecule has 1 fully saturated rings. The van der Waals surface area contributed by atoms with Crippen molar-refractivity contribution in [3.8, 4) is 0 Å². The van der Waals surface area contributed by atoms with Crippen molar-refractivity contribution in [3.63, 3.8) is 0 Å². The van der Waals surface area contributed by atoms with Crippen LogP contribution < -0.4 is 5.32 Å². The lowest BCUT2D eigenvalue weighted by Gasteiger charge is -2.38. The number of aromatic nitrogens is 1. The smallest absolute Gasteiger partial charge is 0.311 e. The fourth-order valence-corrected chi connectivity index (χ4v) is 3.64. The van der Waals surface area contributed by atoms with Gasteiger partial charge in [-0.25, -0.2) is 4.98 Å².